The molecule has 5 rings (SSSR count). The summed E-state index contributed by atoms with van der Waals surface area (Å²) in [6.45, 7) is 5.56. The van der Waals surface area contributed by atoms with Crippen LogP contribution >= 0.6 is 0 Å². The minimum atomic E-state index is -0.982. The molecule has 2 aliphatic heterocycles. The highest BCUT2D eigenvalue weighted by Gasteiger charge is 2.43. The van der Waals surface area contributed by atoms with E-state index in [1.165, 1.54) is 0 Å². The maximum atomic E-state index is 14.0. The Labute approximate surface area is 240 Å². The minimum absolute atomic E-state index is 0.0137. The summed E-state index contributed by atoms with van der Waals surface area (Å²) in [5, 5.41) is 6.31. The van der Waals surface area contributed by atoms with Gasteiger partial charge in [-0.05, 0) is 69.9 Å². The molecule has 0 bridgehead atoms. The van der Waals surface area contributed by atoms with Gasteiger partial charge in [0.25, 0.3) is 11.8 Å². The van der Waals surface area contributed by atoms with Gasteiger partial charge in [0.2, 0.25) is 5.91 Å². The molecule has 0 spiro atoms. The average Bonchev–Trinajstić information content (AvgIpc) is 3.80. The van der Waals surface area contributed by atoms with Crippen LogP contribution in [0.3, 0.4) is 0 Å². The number of nitrogens with one attached hydrogen (secondary N) is 2. The first-order valence-electron chi connectivity index (χ1n) is 14.3. The molecular weight excluding hydrogens is 526 g/mol. The maximum Gasteiger partial charge on any atom is 0.270 e. The number of anilines is 2. The highest BCUT2D eigenvalue weighted by molar-refractivity contribution is 6.04. The molecule has 3 heterocycles. The van der Waals surface area contributed by atoms with Gasteiger partial charge in [0.15, 0.2) is 12.2 Å². The molecule has 2 aromatic rings. The largest absolute Gasteiger partial charge is 0.482 e. The van der Waals surface area contributed by atoms with E-state index in [0.29, 0.717) is 56.3 Å². The highest BCUT2D eigenvalue weighted by Crippen LogP contribution is 2.42. The average molecular weight is 566 g/mol. The lowest BCUT2D eigenvalue weighted by molar-refractivity contribution is -0.132. The number of rotatable bonds is 11. The molecule has 220 valence electrons. The first-order valence-corrected chi connectivity index (χ1v) is 14.3. The molecule has 2 unspecified atom stereocenters. The molecule has 11 nitrogen and oxygen atoms in total. The van der Waals surface area contributed by atoms with Crippen LogP contribution in [-0.4, -0.2) is 80.3 Å². The number of benzene rings is 1. The standard InChI is InChI=1S/C30H39N5O6/c1-30(2)29(38)34(12-5-13-39-3)25-15-23(9-10-26(25)41-30)35(22-7-8-22)28(37)20-14-21(17-32-16-20)33-27(36)19-40-24-6-4-11-31-18-24/h4,6,9-11,15,18,20-22,32H,5,7-8,12-14,16-17,19H2,1-3H3,(H,33,36). The topological polar surface area (TPSA) is 122 Å². The van der Waals surface area contributed by atoms with E-state index in [9.17, 15) is 14.4 Å². The molecule has 1 aromatic carbocycles. The second-order valence-electron chi connectivity index (χ2n) is 11.3. The molecule has 2 N–H and O–H groups in total. The fraction of sp³-hybridized carbons (Fsp3) is 0.533. The third kappa shape index (κ3) is 6.79. The van der Waals surface area contributed by atoms with E-state index >= 15 is 0 Å². The number of ether oxygens (including phenoxy) is 3. The van der Waals surface area contributed by atoms with Gasteiger partial charge in [-0.1, -0.05) is 0 Å². The Kier molecular flexibility index (Phi) is 8.74. The van der Waals surface area contributed by atoms with Crippen molar-refractivity contribution in [3.63, 3.8) is 0 Å². The van der Waals surface area contributed by atoms with E-state index in [2.05, 4.69) is 15.6 Å². The lowest BCUT2D eigenvalue weighted by Gasteiger charge is -2.40. The number of nitrogens with zero attached hydrogens (tertiary/aromatic N) is 3. The van der Waals surface area contributed by atoms with Crippen molar-refractivity contribution >= 4 is 29.1 Å². The van der Waals surface area contributed by atoms with Gasteiger partial charge in [-0.2, -0.15) is 0 Å². The zero-order chi connectivity index (χ0) is 29.0. The molecule has 11 heteroatoms. The zero-order valence-electron chi connectivity index (χ0n) is 23.9. The quantitative estimate of drug-likeness (QED) is 0.398. The number of pyridine rings is 1. The molecule has 41 heavy (non-hydrogen) atoms. The number of methoxy groups -OCH3 is 1. The zero-order valence-corrected chi connectivity index (χ0v) is 23.9. The Hall–Kier alpha value is -3.70. The summed E-state index contributed by atoms with van der Waals surface area (Å²) in [7, 11) is 1.64. The van der Waals surface area contributed by atoms with E-state index in [-0.39, 0.29) is 42.3 Å². The normalized spacial score (nSPS) is 21.4. The fourth-order valence-electron chi connectivity index (χ4n) is 5.43. The molecular formula is C30H39N5O6. The van der Waals surface area contributed by atoms with E-state index in [0.717, 1.165) is 18.5 Å². The number of hydrogen-bond acceptors (Lipinski definition) is 8. The van der Waals surface area contributed by atoms with Gasteiger partial charge in [-0.25, -0.2) is 0 Å². The van der Waals surface area contributed by atoms with Crippen LogP contribution in [0.1, 0.15) is 39.5 Å². The lowest BCUT2D eigenvalue weighted by Crippen LogP contribution is -2.54. The van der Waals surface area contributed by atoms with Crippen LogP contribution in [-0.2, 0) is 19.1 Å². The molecule has 3 aliphatic rings. The van der Waals surface area contributed by atoms with E-state index in [4.69, 9.17) is 14.2 Å². The van der Waals surface area contributed by atoms with Crippen molar-refractivity contribution in [2.75, 3.05) is 49.8 Å². The van der Waals surface area contributed by atoms with Crippen LogP contribution in [0, 0.1) is 5.92 Å². The fourth-order valence-corrected chi connectivity index (χ4v) is 5.43. The lowest BCUT2D eigenvalue weighted by atomic mass is 9.93. The smallest absolute Gasteiger partial charge is 0.270 e. The molecule has 3 amide bonds. The van der Waals surface area contributed by atoms with Crippen LogP contribution in [0.15, 0.2) is 42.7 Å². The predicted octanol–water partition coefficient (Wildman–Crippen LogP) is 2.29. The summed E-state index contributed by atoms with van der Waals surface area (Å²) >= 11 is 0. The highest BCUT2D eigenvalue weighted by atomic mass is 16.5. The predicted molar refractivity (Wildman–Crippen MR) is 153 cm³/mol. The van der Waals surface area contributed by atoms with E-state index < -0.39 is 5.60 Å². The Bertz CT molecular complexity index is 1250. The van der Waals surface area contributed by atoms with Crippen molar-refractivity contribution in [2.45, 2.75) is 57.2 Å². The molecule has 1 aliphatic carbocycles. The van der Waals surface area contributed by atoms with E-state index in [1.807, 2.05) is 23.1 Å². The van der Waals surface area contributed by atoms with Crippen molar-refractivity contribution in [1.82, 2.24) is 15.6 Å². The Morgan fingerprint density at radius 3 is 2.80 bits per heavy atom. The molecule has 1 saturated heterocycles. The van der Waals surface area contributed by atoms with Crippen molar-refractivity contribution in [2.24, 2.45) is 5.92 Å². The van der Waals surface area contributed by atoms with Crippen molar-refractivity contribution < 1.29 is 28.6 Å². The molecule has 1 aromatic heterocycles. The Morgan fingerprint density at radius 1 is 1.24 bits per heavy atom. The van der Waals surface area contributed by atoms with E-state index in [1.54, 1.807) is 50.4 Å². The minimum Gasteiger partial charge on any atom is -0.482 e. The van der Waals surface area contributed by atoms with Gasteiger partial charge in [-0.3, -0.25) is 19.4 Å². The number of fused-ring (bicyclic) bond motifs is 1. The van der Waals surface area contributed by atoms with Crippen LogP contribution in [0.25, 0.3) is 0 Å². The SMILES string of the molecule is COCCCN1C(=O)C(C)(C)Oc2ccc(N(C(=O)C3CNCC(NC(=O)COc4cccnc4)C3)C3CC3)cc21. The summed E-state index contributed by atoms with van der Waals surface area (Å²) in [5.74, 6) is 0.484. The monoisotopic (exact) mass is 565 g/mol. The Morgan fingerprint density at radius 2 is 2.07 bits per heavy atom. The number of amides is 3. The third-order valence-corrected chi connectivity index (χ3v) is 7.59. The van der Waals surface area contributed by atoms with Gasteiger partial charge in [0.05, 0.1) is 17.8 Å². The van der Waals surface area contributed by atoms with Gasteiger partial charge in [0.1, 0.15) is 11.5 Å². The number of piperidine rings is 1. The third-order valence-electron chi connectivity index (χ3n) is 7.59. The molecule has 0 radical (unpaired) electrons. The summed E-state index contributed by atoms with van der Waals surface area (Å²) in [4.78, 5) is 47.4. The number of carbonyl (C=O) groups excluding carboxylic acids is 3. The second-order valence-corrected chi connectivity index (χ2v) is 11.3. The van der Waals surface area contributed by atoms with Crippen molar-refractivity contribution in [3.05, 3.63) is 42.7 Å². The van der Waals surface area contributed by atoms with Crippen molar-refractivity contribution in [3.8, 4) is 11.5 Å². The number of aromatic nitrogens is 1. The molecule has 2 fully saturated rings. The van der Waals surface area contributed by atoms with Crippen LogP contribution in [0.5, 0.6) is 11.5 Å². The van der Waals surface area contributed by atoms with Crippen molar-refractivity contribution in [1.29, 1.82) is 0 Å². The van der Waals surface area contributed by atoms with Gasteiger partial charge in [-0.15, -0.1) is 0 Å². The van der Waals surface area contributed by atoms with Crippen LogP contribution < -0.4 is 29.9 Å². The second kappa shape index (κ2) is 12.4. The molecule has 2 atom stereocenters. The first-order chi connectivity index (χ1) is 19.8. The number of hydrogen-bond donors (Lipinski definition) is 2. The molecule has 1 saturated carbocycles. The Balaban J connectivity index is 1.28. The van der Waals surface area contributed by atoms with Crippen LogP contribution in [0.4, 0.5) is 11.4 Å². The first kappa shape index (κ1) is 28.8. The van der Waals surface area contributed by atoms with Gasteiger partial charge >= 0.3 is 0 Å². The summed E-state index contributed by atoms with van der Waals surface area (Å²) in [6, 6.07) is 9.06. The van der Waals surface area contributed by atoms with Crippen LogP contribution in [0.2, 0.25) is 0 Å². The summed E-state index contributed by atoms with van der Waals surface area (Å²) < 4.78 is 16.8. The summed E-state index contributed by atoms with van der Waals surface area (Å²) in [5.41, 5.74) is 0.436. The van der Waals surface area contributed by atoms with Gasteiger partial charge < -0.3 is 34.6 Å². The maximum absolute atomic E-state index is 14.0. The van der Waals surface area contributed by atoms with Gasteiger partial charge in [0, 0.05) is 57.3 Å². The number of carbonyl (C=O) groups is 3. The summed E-state index contributed by atoms with van der Waals surface area (Å²) in [6.07, 6.45) is 6.25.